The zero-order chi connectivity index (χ0) is 23.2. The van der Waals surface area contributed by atoms with Crippen LogP contribution in [0.2, 0.25) is 17.3 Å². The summed E-state index contributed by atoms with van der Waals surface area (Å²) in [5.74, 6) is 7.30. The van der Waals surface area contributed by atoms with Crippen LogP contribution in [0.3, 0.4) is 0 Å². The molecule has 0 unspecified atom stereocenters. The number of pyridine rings is 1. The van der Waals surface area contributed by atoms with Gasteiger partial charge in [0.25, 0.3) is 0 Å². The Labute approximate surface area is 197 Å². The summed E-state index contributed by atoms with van der Waals surface area (Å²) in [5, 5.41) is 14.0. The van der Waals surface area contributed by atoms with E-state index in [0.717, 1.165) is 32.8 Å². The summed E-state index contributed by atoms with van der Waals surface area (Å²) in [6.45, 7) is 2.22. The fourth-order valence-electron chi connectivity index (χ4n) is 4.57. The Morgan fingerprint density at radius 2 is 1.52 bits per heavy atom. The number of nitriles is 1. The number of nitrogens with zero attached hydrogens (tertiary/aromatic N) is 2. The molecule has 4 aromatic carbocycles. The van der Waals surface area contributed by atoms with Crippen molar-refractivity contribution in [2.24, 2.45) is 0 Å². The van der Waals surface area contributed by atoms with Gasteiger partial charge >= 0.3 is 157 Å². The van der Waals surface area contributed by atoms with Crippen molar-refractivity contribution < 1.29 is 0 Å². The van der Waals surface area contributed by atoms with Gasteiger partial charge in [0, 0.05) is 0 Å². The van der Waals surface area contributed by atoms with Crippen LogP contribution in [0.5, 0.6) is 0 Å². The van der Waals surface area contributed by atoms with Gasteiger partial charge in [-0.15, -0.1) is 0 Å². The Morgan fingerprint density at radius 1 is 0.758 bits per heavy atom. The first-order valence-electron chi connectivity index (χ1n) is 11.3. The fraction of sp³-hybridized carbons (Fsp3) is 0.133. The molecule has 2 nitrogen and oxygen atoms in total. The average Bonchev–Trinajstić information content (AvgIpc) is 2.82. The average molecular weight is 487 g/mol. The van der Waals surface area contributed by atoms with E-state index in [0.29, 0.717) is 5.56 Å². The molecule has 0 amide bonds. The molecule has 5 rings (SSSR count). The third-order valence-electron chi connectivity index (χ3n) is 6.42. The third kappa shape index (κ3) is 3.94. The Hall–Kier alpha value is -3.42. The minimum absolute atomic E-state index is 0.679. The van der Waals surface area contributed by atoms with Gasteiger partial charge in [-0.3, -0.25) is 0 Å². The molecular weight excluding hydrogens is 461 g/mol. The van der Waals surface area contributed by atoms with E-state index in [4.69, 9.17) is 4.98 Å². The summed E-state index contributed by atoms with van der Waals surface area (Å²) in [6.07, 6.45) is 1.87. The van der Waals surface area contributed by atoms with E-state index in [1.807, 2.05) is 30.5 Å². The summed E-state index contributed by atoms with van der Waals surface area (Å²) in [6, 6.07) is 30.2. The van der Waals surface area contributed by atoms with Crippen molar-refractivity contribution in [1.82, 2.24) is 4.98 Å². The third-order valence-corrected chi connectivity index (χ3v) is 10.7. The van der Waals surface area contributed by atoms with Gasteiger partial charge in [-0.2, -0.15) is 5.26 Å². The quantitative estimate of drug-likeness (QED) is 0.248. The summed E-state index contributed by atoms with van der Waals surface area (Å²) < 4.78 is 1.54. The summed E-state index contributed by atoms with van der Waals surface area (Å²) in [5.41, 5.74) is 6.40. The molecule has 33 heavy (non-hydrogen) atoms. The van der Waals surface area contributed by atoms with Crippen molar-refractivity contribution in [3.8, 4) is 28.5 Å². The van der Waals surface area contributed by atoms with Gasteiger partial charge in [-0.25, -0.2) is 0 Å². The van der Waals surface area contributed by atoms with Crippen LogP contribution in [0.25, 0.3) is 43.9 Å². The molecule has 0 bridgehead atoms. The number of hydrogen-bond acceptors (Lipinski definition) is 2. The first-order valence-corrected chi connectivity index (χ1v) is 18.6. The Balaban J connectivity index is 1.64. The predicted octanol–water partition coefficient (Wildman–Crippen LogP) is 7.45. The van der Waals surface area contributed by atoms with Gasteiger partial charge in [-0.1, -0.05) is 24.3 Å². The summed E-state index contributed by atoms with van der Waals surface area (Å²) in [4.78, 5) is 4.71. The molecule has 0 N–H and O–H groups in total. The molecule has 3 heteroatoms. The van der Waals surface area contributed by atoms with Gasteiger partial charge in [-0.05, 0) is 5.39 Å². The SMILES string of the molecule is Cc1c[c]([Ge]([CH3])([CH3])[CH3])ccc1-c1ccc2c(-c3cc(C#N)c4ccccc4c3)nccc2c1. The van der Waals surface area contributed by atoms with Crippen molar-refractivity contribution in [2.75, 3.05) is 0 Å². The Bertz CT molecular complexity index is 1570. The number of hydrogen-bond donors (Lipinski definition) is 0. The first kappa shape index (κ1) is 21.4. The van der Waals surface area contributed by atoms with Crippen LogP contribution in [-0.4, -0.2) is 18.3 Å². The summed E-state index contributed by atoms with van der Waals surface area (Å²) >= 11 is -1.85. The second-order valence-electron chi connectivity index (χ2n) is 9.73. The first-order chi connectivity index (χ1) is 15.8. The maximum absolute atomic E-state index is 9.71. The molecule has 0 spiro atoms. The monoisotopic (exact) mass is 488 g/mol. The molecule has 160 valence electrons. The fourth-order valence-corrected chi connectivity index (χ4v) is 7.16. The summed E-state index contributed by atoms with van der Waals surface area (Å²) in [7, 11) is 0. The van der Waals surface area contributed by atoms with Crippen molar-refractivity contribution in [2.45, 2.75) is 24.2 Å². The Kier molecular flexibility index (Phi) is 5.31. The number of aryl methyl sites for hydroxylation is 1. The molecule has 0 aliphatic heterocycles. The maximum atomic E-state index is 9.71. The number of fused-ring (bicyclic) bond motifs is 2. The molecule has 0 atom stereocenters. The number of aromatic nitrogens is 1. The number of rotatable bonds is 3. The molecule has 0 radical (unpaired) electrons. The van der Waals surface area contributed by atoms with Crippen LogP contribution >= 0.6 is 0 Å². The molecule has 5 aromatic rings. The molecule has 0 aliphatic carbocycles. The van der Waals surface area contributed by atoms with Crippen LogP contribution in [0.1, 0.15) is 11.1 Å². The van der Waals surface area contributed by atoms with Gasteiger partial charge in [0.1, 0.15) is 0 Å². The van der Waals surface area contributed by atoms with Gasteiger partial charge in [0.2, 0.25) is 0 Å². The zero-order valence-electron chi connectivity index (χ0n) is 19.5. The molecule has 1 aromatic heterocycles. The molecule has 0 aliphatic rings. The second-order valence-corrected chi connectivity index (χ2v) is 20.4. The second kappa shape index (κ2) is 8.17. The molecule has 0 saturated carbocycles. The van der Waals surface area contributed by atoms with E-state index in [-0.39, 0.29) is 0 Å². The van der Waals surface area contributed by atoms with Crippen LogP contribution in [0.4, 0.5) is 0 Å². The topological polar surface area (TPSA) is 36.7 Å². The minimum atomic E-state index is -1.85. The van der Waals surface area contributed by atoms with Crippen LogP contribution in [0.15, 0.2) is 85.1 Å². The van der Waals surface area contributed by atoms with E-state index < -0.39 is 13.3 Å². The van der Waals surface area contributed by atoms with Crippen molar-refractivity contribution >= 4 is 39.2 Å². The Morgan fingerprint density at radius 3 is 2.27 bits per heavy atom. The standard InChI is InChI=1S/C30H26GeN2/c1-20-15-26(31(2,3)4)10-12-27(20)22-9-11-29-23(16-22)13-14-33-30(29)24-17-21-7-5-6-8-28(21)25(18-24)19-32/h5-18H,1-4H3. The van der Waals surface area contributed by atoms with Crippen molar-refractivity contribution in [3.63, 3.8) is 0 Å². The van der Waals surface area contributed by atoms with Gasteiger partial charge in [0.15, 0.2) is 0 Å². The van der Waals surface area contributed by atoms with Gasteiger partial charge in [0.05, 0.1) is 6.07 Å². The normalized spacial score (nSPS) is 11.6. The molecule has 1 heterocycles. The zero-order valence-corrected chi connectivity index (χ0v) is 21.6. The van der Waals surface area contributed by atoms with Gasteiger partial charge < -0.3 is 0 Å². The predicted molar refractivity (Wildman–Crippen MR) is 143 cm³/mol. The van der Waals surface area contributed by atoms with Crippen LogP contribution < -0.4 is 4.40 Å². The van der Waals surface area contributed by atoms with Crippen LogP contribution in [0, 0.1) is 18.3 Å². The van der Waals surface area contributed by atoms with E-state index in [1.54, 1.807) is 0 Å². The van der Waals surface area contributed by atoms with Crippen molar-refractivity contribution in [1.29, 1.82) is 5.26 Å². The van der Waals surface area contributed by atoms with E-state index in [2.05, 4.69) is 84.9 Å². The van der Waals surface area contributed by atoms with E-state index in [9.17, 15) is 5.26 Å². The van der Waals surface area contributed by atoms with E-state index >= 15 is 0 Å². The molecule has 0 fully saturated rings. The van der Waals surface area contributed by atoms with E-state index in [1.165, 1.54) is 21.1 Å². The molecular formula is C30H26GeN2. The van der Waals surface area contributed by atoms with Crippen LogP contribution in [-0.2, 0) is 0 Å². The van der Waals surface area contributed by atoms with Crippen molar-refractivity contribution in [3.05, 3.63) is 96.2 Å². The molecule has 0 saturated heterocycles. The number of benzene rings is 4.